The first-order valence-electron chi connectivity index (χ1n) is 6.28. The van der Waals surface area contributed by atoms with Crippen molar-refractivity contribution in [1.82, 2.24) is 0 Å². The van der Waals surface area contributed by atoms with Gasteiger partial charge in [-0.1, -0.05) is 36.4 Å². The Bertz CT molecular complexity index is 620. The van der Waals surface area contributed by atoms with E-state index in [1.54, 1.807) is 24.3 Å². The molecule has 2 aromatic rings. The maximum Gasteiger partial charge on any atom is 0.163 e. The highest BCUT2D eigenvalue weighted by atomic mass is 16.1. The summed E-state index contributed by atoms with van der Waals surface area (Å²) in [5.41, 5.74) is 3.68. The van der Waals surface area contributed by atoms with Gasteiger partial charge < -0.3 is 0 Å². The minimum Gasteiger partial charge on any atom is -0.294 e. The number of ketones is 1. The second kappa shape index (κ2) is 5.97. The van der Waals surface area contributed by atoms with Crippen molar-refractivity contribution in [3.63, 3.8) is 0 Å². The summed E-state index contributed by atoms with van der Waals surface area (Å²) in [6.07, 6.45) is 1.25. The number of hydrogen-bond acceptors (Lipinski definition) is 2. The zero-order chi connectivity index (χ0) is 13.7. The Morgan fingerprint density at radius 1 is 1.11 bits per heavy atom. The normalized spacial score (nSPS) is 9.89. The molecule has 0 aliphatic rings. The van der Waals surface area contributed by atoms with Crippen LogP contribution in [-0.4, -0.2) is 5.78 Å². The van der Waals surface area contributed by atoms with E-state index in [0.29, 0.717) is 17.5 Å². The Kier molecular flexibility index (Phi) is 4.10. The van der Waals surface area contributed by atoms with E-state index in [-0.39, 0.29) is 5.78 Å². The Labute approximate surface area is 113 Å². The molecule has 0 bridgehead atoms. The van der Waals surface area contributed by atoms with Crippen molar-refractivity contribution in [1.29, 1.82) is 5.26 Å². The van der Waals surface area contributed by atoms with E-state index >= 15 is 0 Å². The minimum absolute atomic E-state index is 0.118. The lowest BCUT2D eigenvalue weighted by molar-refractivity contribution is 0.0983. The highest BCUT2D eigenvalue weighted by molar-refractivity contribution is 5.96. The number of benzene rings is 2. The van der Waals surface area contributed by atoms with E-state index in [2.05, 4.69) is 19.1 Å². The Balaban J connectivity index is 2.02. The highest BCUT2D eigenvalue weighted by Crippen LogP contribution is 2.12. The molecule has 0 heterocycles. The van der Waals surface area contributed by atoms with Gasteiger partial charge in [0, 0.05) is 12.0 Å². The van der Waals surface area contributed by atoms with Crippen molar-refractivity contribution in [2.75, 3.05) is 0 Å². The van der Waals surface area contributed by atoms with Gasteiger partial charge in [-0.2, -0.15) is 5.26 Å². The molecule has 0 saturated carbocycles. The van der Waals surface area contributed by atoms with Crippen molar-refractivity contribution in [2.24, 2.45) is 0 Å². The van der Waals surface area contributed by atoms with Crippen LogP contribution in [0.2, 0.25) is 0 Å². The first-order valence-corrected chi connectivity index (χ1v) is 6.28. The second-order valence-corrected chi connectivity index (χ2v) is 4.54. The van der Waals surface area contributed by atoms with Crippen LogP contribution in [0.25, 0.3) is 0 Å². The summed E-state index contributed by atoms with van der Waals surface area (Å²) in [5, 5.41) is 8.71. The number of nitrogens with zero attached hydrogens (tertiary/aromatic N) is 1. The molecule has 0 radical (unpaired) electrons. The average molecular weight is 249 g/mol. The summed E-state index contributed by atoms with van der Waals surface area (Å²) >= 11 is 0. The van der Waals surface area contributed by atoms with Crippen LogP contribution in [0.5, 0.6) is 0 Å². The van der Waals surface area contributed by atoms with Gasteiger partial charge in [0.25, 0.3) is 0 Å². The first-order chi connectivity index (χ1) is 9.20. The molecule has 0 atom stereocenters. The Morgan fingerprint density at radius 3 is 2.42 bits per heavy atom. The van der Waals surface area contributed by atoms with Crippen LogP contribution in [0, 0.1) is 18.3 Å². The van der Waals surface area contributed by atoms with E-state index < -0.39 is 0 Å². The van der Waals surface area contributed by atoms with Crippen molar-refractivity contribution in [3.05, 3.63) is 70.8 Å². The molecular formula is C17H15NO. The van der Waals surface area contributed by atoms with Gasteiger partial charge in [0.2, 0.25) is 0 Å². The summed E-state index contributed by atoms with van der Waals surface area (Å²) in [7, 11) is 0. The smallest absolute Gasteiger partial charge is 0.163 e. The van der Waals surface area contributed by atoms with Gasteiger partial charge in [0.15, 0.2) is 5.78 Å². The molecule has 0 aliphatic heterocycles. The number of Topliss-reactive ketones (excluding diaryl/α,β-unsaturated/α-hetero) is 1. The van der Waals surface area contributed by atoms with Crippen LogP contribution in [0.4, 0.5) is 0 Å². The number of rotatable bonds is 4. The zero-order valence-corrected chi connectivity index (χ0v) is 10.9. The third kappa shape index (κ3) is 3.29. The van der Waals surface area contributed by atoms with Gasteiger partial charge in [-0.25, -0.2) is 0 Å². The molecule has 0 spiro atoms. The molecule has 2 heteroatoms. The second-order valence-electron chi connectivity index (χ2n) is 4.54. The molecule has 2 aromatic carbocycles. The fourth-order valence-electron chi connectivity index (χ4n) is 2.01. The number of nitriles is 1. The van der Waals surface area contributed by atoms with E-state index in [9.17, 15) is 4.79 Å². The number of hydrogen-bond donors (Lipinski definition) is 0. The van der Waals surface area contributed by atoms with Crippen LogP contribution in [0.15, 0.2) is 48.5 Å². The molecule has 0 aromatic heterocycles. The lowest BCUT2D eigenvalue weighted by Crippen LogP contribution is -2.02. The predicted octanol–water partition coefficient (Wildman–Crippen LogP) is 3.68. The molecule has 2 rings (SSSR count). The van der Waals surface area contributed by atoms with Crippen molar-refractivity contribution in [3.8, 4) is 6.07 Å². The summed E-state index contributed by atoms with van der Waals surface area (Å²) in [4.78, 5) is 12.0. The summed E-state index contributed by atoms with van der Waals surface area (Å²) < 4.78 is 0. The van der Waals surface area contributed by atoms with E-state index in [4.69, 9.17) is 5.26 Å². The van der Waals surface area contributed by atoms with Crippen LogP contribution in [0.1, 0.15) is 33.5 Å². The summed E-state index contributed by atoms with van der Waals surface area (Å²) in [5.74, 6) is 0.118. The van der Waals surface area contributed by atoms with Gasteiger partial charge >= 0.3 is 0 Å². The fourth-order valence-corrected chi connectivity index (χ4v) is 2.01. The van der Waals surface area contributed by atoms with E-state index in [0.717, 1.165) is 6.42 Å². The predicted molar refractivity (Wildman–Crippen MR) is 75.0 cm³/mol. The van der Waals surface area contributed by atoms with Gasteiger partial charge in [-0.15, -0.1) is 0 Å². The molecule has 0 saturated heterocycles. The van der Waals surface area contributed by atoms with Gasteiger partial charge in [0.05, 0.1) is 11.6 Å². The third-order valence-corrected chi connectivity index (χ3v) is 3.22. The molecule has 0 unspecified atom stereocenters. The topological polar surface area (TPSA) is 40.9 Å². The molecule has 2 nitrogen and oxygen atoms in total. The van der Waals surface area contributed by atoms with Gasteiger partial charge in [-0.3, -0.25) is 4.79 Å². The monoisotopic (exact) mass is 249 g/mol. The van der Waals surface area contributed by atoms with Crippen molar-refractivity contribution < 1.29 is 4.79 Å². The van der Waals surface area contributed by atoms with Crippen LogP contribution in [0.3, 0.4) is 0 Å². The third-order valence-electron chi connectivity index (χ3n) is 3.22. The molecular weight excluding hydrogens is 234 g/mol. The Morgan fingerprint density at radius 2 is 1.79 bits per heavy atom. The summed E-state index contributed by atoms with van der Waals surface area (Å²) in [6, 6.07) is 17.0. The number of aryl methyl sites for hydroxylation is 2. The van der Waals surface area contributed by atoms with Crippen molar-refractivity contribution in [2.45, 2.75) is 19.8 Å². The van der Waals surface area contributed by atoms with Gasteiger partial charge in [0.1, 0.15) is 0 Å². The SMILES string of the molecule is Cc1ccccc1CCC(=O)c1ccc(C#N)cc1. The fraction of sp³-hybridized carbons (Fsp3) is 0.176. The zero-order valence-electron chi connectivity index (χ0n) is 10.9. The molecule has 0 amide bonds. The van der Waals surface area contributed by atoms with E-state index in [1.165, 1.54) is 11.1 Å². The molecule has 94 valence electrons. The molecule has 0 N–H and O–H groups in total. The molecule has 0 aliphatic carbocycles. The van der Waals surface area contributed by atoms with Crippen LogP contribution in [-0.2, 0) is 6.42 Å². The highest BCUT2D eigenvalue weighted by Gasteiger charge is 2.07. The standard InChI is InChI=1S/C17H15NO/c1-13-4-2-3-5-15(13)10-11-17(19)16-8-6-14(12-18)7-9-16/h2-9H,10-11H2,1H3. The quantitative estimate of drug-likeness (QED) is 0.775. The largest absolute Gasteiger partial charge is 0.294 e. The summed E-state index contributed by atoms with van der Waals surface area (Å²) in [6.45, 7) is 2.06. The minimum atomic E-state index is 0.118. The van der Waals surface area contributed by atoms with Crippen molar-refractivity contribution >= 4 is 5.78 Å². The number of carbonyl (C=O) groups excluding carboxylic acids is 1. The number of carbonyl (C=O) groups is 1. The van der Waals surface area contributed by atoms with Crippen LogP contribution >= 0.6 is 0 Å². The van der Waals surface area contributed by atoms with Gasteiger partial charge in [-0.05, 0) is 36.6 Å². The molecule has 0 fully saturated rings. The van der Waals surface area contributed by atoms with E-state index in [1.807, 2.05) is 18.2 Å². The Hall–Kier alpha value is -2.40. The van der Waals surface area contributed by atoms with Crippen LogP contribution < -0.4 is 0 Å². The maximum absolute atomic E-state index is 12.0. The molecule has 19 heavy (non-hydrogen) atoms. The lowest BCUT2D eigenvalue weighted by Gasteiger charge is -2.05. The average Bonchev–Trinajstić information content (AvgIpc) is 2.46. The maximum atomic E-state index is 12.0. The first kappa shape index (κ1) is 13.0. The lowest BCUT2D eigenvalue weighted by atomic mass is 9.99.